The highest BCUT2D eigenvalue weighted by molar-refractivity contribution is 5.85. The summed E-state index contributed by atoms with van der Waals surface area (Å²) in [7, 11) is 0. The summed E-state index contributed by atoms with van der Waals surface area (Å²) in [5, 5.41) is 10.2. The lowest BCUT2D eigenvalue weighted by molar-refractivity contribution is -0.129. The molecular weight excluding hydrogens is 250 g/mol. The topological polar surface area (TPSA) is 59.9 Å². The number of nitrogens with zero attached hydrogens (tertiary/aromatic N) is 2. The molecule has 4 nitrogen and oxygen atoms in total. The quantitative estimate of drug-likeness (QED) is 0.863. The molecule has 2 aromatic rings. The number of hydrogen-bond acceptors (Lipinski definition) is 2. The third-order valence-electron chi connectivity index (χ3n) is 4.22. The smallest absolute Gasteiger partial charge is 0.219 e. The Balaban J connectivity index is 1.88. The highest BCUT2D eigenvalue weighted by atomic mass is 16.2. The Morgan fingerprint density at radius 1 is 1.40 bits per heavy atom. The molecule has 0 radical (unpaired) electrons. The van der Waals surface area contributed by atoms with Gasteiger partial charge in [0.1, 0.15) is 0 Å². The second-order valence-electron chi connectivity index (χ2n) is 5.40. The van der Waals surface area contributed by atoms with Gasteiger partial charge in [-0.05, 0) is 42.5 Å². The number of nitrogens with one attached hydrogen (secondary N) is 1. The van der Waals surface area contributed by atoms with Crippen LogP contribution in [0.2, 0.25) is 0 Å². The largest absolute Gasteiger partial charge is 0.361 e. The number of rotatable bonds is 1. The first-order valence-corrected chi connectivity index (χ1v) is 6.95. The fraction of sp³-hybridized carbons (Fsp3) is 0.375. The number of piperidine rings is 1. The van der Waals surface area contributed by atoms with Crippen molar-refractivity contribution in [2.75, 3.05) is 13.1 Å². The van der Waals surface area contributed by atoms with Gasteiger partial charge in [0.15, 0.2) is 0 Å². The standard InChI is InChI=1S/C16H17N3O/c1-11(20)19-6-4-13(5-7-19)15-10-18-16-3-2-12(9-17)8-14(15)16/h2-3,8,10,13,18H,4-7H2,1H3. The SMILES string of the molecule is CC(=O)N1CCC(c2c[nH]c3ccc(C#N)cc23)CC1. The zero-order valence-corrected chi connectivity index (χ0v) is 11.5. The molecular formula is C16H17N3O. The Kier molecular flexibility index (Phi) is 3.19. The first-order chi connectivity index (χ1) is 9.69. The van der Waals surface area contributed by atoms with Crippen LogP contribution in [0.5, 0.6) is 0 Å². The number of nitriles is 1. The van der Waals surface area contributed by atoms with E-state index in [1.165, 1.54) is 5.56 Å². The number of carbonyl (C=O) groups excluding carboxylic acids is 1. The Morgan fingerprint density at radius 3 is 2.80 bits per heavy atom. The van der Waals surface area contributed by atoms with Gasteiger partial charge in [0.05, 0.1) is 11.6 Å². The van der Waals surface area contributed by atoms with E-state index in [1.807, 2.05) is 23.1 Å². The van der Waals surface area contributed by atoms with Gasteiger partial charge in [-0.25, -0.2) is 0 Å². The van der Waals surface area contributed by atoms with Crippen molar-refractivity contribution >= 4 is 16.8 Å². The average molecular weight is 267 g/mol. The molecule has 3 rings (SSSR count). The van der Waals surface area contributed by atoms with E-state index in [0.29, 0.717) is 11.5 Å². The number of aromatic amines is 1. The van der Waals surface area contributed by atoms with Crippen LogP contribution in [0.4, 0.5) is 0 Å². The number of hydrogen-bond donors (Lipinski definition) is 1. The molecule has 1 aliphatic rings. The van der Waals surface area contributed by atoms with Crippen molar-refractivity contribution in [3.8, 4) is 6.07 Å². The Bertz CT molecular complexity index is 687. The van der Waals surface area contributed by atoms with E-state index in [-0.39, 0.29) is 5.91 Å². The van der Waals surface area contributed by atoms with Gasteiger partial charge in [0, 0.05) is 37.1 Å². The highest BCUT2D eigenvalue weighted by Gasteiger charge is 2.23. The molecule has 0 atom stereocenters. The van der Waals surface area contributed by atoms with Crippen LogP contribution in [-0.2, 0) is 4.79 Å². The summed E-state index contributed by atoms with van der Waals surface area (Å²) in [6, 6.07) is 7.95. The summed E-state index contributed by atoms with van der Waals surface area (Å²) in [6.45, 7) is 3.28. The third-order valence-corrected chi connectivity index (χ3v) is 4.22. The molecule has 1 N–H and O–H groups in total. The Hall–Kier alpha value is -2.28. The van der Waals surface area contributed by atoms with E-state index in [2.05, 4.69) is 17.3 Å². The van der Waals surface area contributed by atoms with Crippen molar-refractivity contribution in [3.63, 3.8) is 0 Å². The van der Waals surface area contributed by atoms with Crippen LogP contribution in [0.1, 0.15) is 36.8 Å². The van der Waals surface area contributed by atoms with Gasteiger partial charge < -0.3 is 9.88 Å². The van der Waals surface area contributed by atoms with Gasteiger partial charge in [-0.2, -0.15) is 5.26 Å². The number of H-pyrrole nitrogens is 1. The number of amides is 1. The molecule has 1 amide bonds. The Morgan fingerprint density at radius 2 is 2.15 bits per heavy atom. The second-order valence-corrected chi connectivity index (χ2v) is 5.40. The number of fused-ring (bicyclic) bond motifs is 1. The summed E-state index contributed by atoms with van der Waals surface area (Å²) in [4.78, 5) is 16.6. The van der Waals surface area contributed by atoms with Gasteiger partial charge in [-0.1, -0.05) is 0 Å². The molecule has 2 heterocycles. The molecule has 20 heavy (non-hydrogen) atoms. The normalized spacial score (nSPS) is 16.3. The monoisotopic (exact) mass is 267 g/mol. The maximum atomic E-state index is 11.4. The van der Waals surface area contributed by atoms with Crippen molar-refractivity contribution in [3.05, 3.63) is 35.5 Å². The van der Waals surface area contributed by atoms with Gasteiger partial charge >= 0.3 is 0 Å². The predicted octanol–water partition coefficient (Wildman–Crippen LogP) is 2.77. The van der Waals surface area contributed by atoms with E-state index in [1.54, 1.807) is 6.92 Å². The number of aromatic nitrogens is 1. The van der Waals surface area contributed by atoms with Crippen LogP contribution in [0.15, 0.2) is 24.4 Å². The minimum Gasteiger partial charge on any atom is -0.361 e. The molecule has 1 saturated heterocycles. The highest BCUT2D eigenvalue weighted by Crippen LogP contribution is 2.33. The van der Waals surface area contributed by atoms with Crippen molar-refractivity contribution in [1.29, 1.82) is 5.26 Å². The van der Waals surface area contributed by atoms with Crippen molar-refractivity contribution in [2.45, 2.75) is 25.7 Å². The van der Waals surface area contributed by atoms with Crippen LogP contribution >= 0.6 is 0 Å². The minimum atomic E-state index is 0.161. The summed E-state index contributed by atoms with van der Waals surface area (Å²) < 4.78 is 0. The first kappa shape index (κ1) is 12.7. The van der Waals surface area contributed by atoms with Crippen LogP contribution in [0.25, 0.3) is 10.9 Å². The fourth-order valence-corrected chi connectivity index (χ4v) is 3.05. The molecule has 0 aliphatic carbocycles. The van der Waals surface area contributed by atoms with E-state index in [9.17, 15) is 4.79 Å². The van der Waals surface area contributed by atoms with Gasteiger partial charge in [0.25, 0.3) is 0 Å². The van der Waals surface area contributed by atoms with E-state index in [0.717, 1.165) is 36.8 Å². The summed E-state index contributed by atoms with van der Waals surface area (Å²) >= 11 is 0. The van der Waals surface area contributed by atoms with Crippen LogP contribution in [-0.4, -0.2) is 28.9 Å². The van der Waals surface area contributed by atoms with Crippen molar-refractivity contribution < 1.29 is 4.79 Å². The van der Waals surface area contributed by atoms with Crippen LogP contribution in [0, 0.1) is 11.3 Å². The Labute approximate surface area is 118 Å². The molecule has 1 aromatic heterocycles. The van der Waals surface area contributed by atoms with Gasteiger partial charge in [-0.3, -0.25) is 4.79 Å². The van der Waals surface area contributed by atoms with Crippen LogP contribution < -0.4 is 0 Å². The molecule has 0 bridgehead atoms. The zero-order chi connectivity index (χ0) is 14.1. The lowest BCUT2D eigenvalue weighted by atomic mass is 9.89. The van der Waals surface area contributed by atoms with E-state index in [4.69, 9.17) is 5.26 Å². The molecule has 0 unspecified atom stereocenters. The second kappa shape index (κ2) is 5.01. The van der Waals surface area contributed by atoms with E-state index >= 15 is 0 Å². The molecule has 0 spiro atoms. The van der Waals surface area contributed by atoms with Gasteiger partial charge in [0.2, 0.25) is 5.91 Å². The number of benzene rings is 1. The molecule has 4 heteroatoms. The summed E-state index contributed by atoms with van der Waals surface area (Å²) in [6.07, 6.45) is 4.03. The van der Waals surface area contributed by atoms with Crippen molar-refractivity contribution in [2.24, 2.45) is 0 Å². The van der Waals surface area contributed by atoms with Gasteiger partial charge in [-0.15, -0.1) is 0 Å². The first-order valence-electron chi connectivity index (χ1n) is 6.95. The number of likely N-dealkylation sites (tertiary alicyclic amines) is 1. The van der Waals surface area contributed by atoms with Crippen LogP contribution in [0.3, 0.4) is 0 Å². The van der Waals surface area contributed by atoms with Crippen molar-refractivity contribution in [1.82, 2.24) is 9.88 Å². The predicted molar refractivity (Wildman–Crippen MR) is 77.2 cm³/mol. The molecule has 102 valence electrons. The third kappa shape index (κ3) is 2.16. The molecule has 1 fully saturated rings. The zero-order valence-electron chi connectivity index (χ0n) is 11.5. The maximum Gasteiger partial charge on any atom is 0.219 e. The summed E-state index contributed by atoms with van der Waals surface area (Å²) in [5.74, 6) is 0.627. The maximum absolute atomic E-state index is 11.4. The number of carbonyl (C=O) groups is 1. The lowest BCUT2D eigenvalue weighted by Crippen LogP contribution is -2.36. The van der Waals surface area contributed by atoms with E-state index < -0.39 is 0 Å². The molecule has 1 aromatic carbocycles. The summed E-state index contributed by atoms with van der Waals surface area (Å²) in [5.41, 5.74) is 3.05. The molecule has 1 aliphatic heterocycles. The lowest BCUT2D eigenvalue weighted by Gasteiger charge is -2.31. The average Bonchev–Trinajstić information content (AvgIpc) is 2.90. The minimum absolute atomic E-state index is 0.161. The fourth-order valence-electron chi connectivity index (χ4n) is 3.05. The molecule has 0 saturated carbocycles.